The Hall–Kier alpha value is -2.58. The second-order valence-corrected chi connectivity index (χ2v) is 6.00. The van der Waals surface area contributed by atoms with E-state index < -0.39 is 18.1 Å². The molecule has 0 unspecified atom stereocenters. The Balaban J connectivity index is 1.64. The molecule has 1 aromatic carbocycles. The summed E-state index contributed by atoms with van der Waals surface area (Å²) in [5.41, 5.74) is 0.632. The Kier molecular flexibility index (Phi) is 5.15. The average molecular weight is 369 g/mol. The molecule has 26 heavy (non-hydrogen) atoms. The van der Waals surface area contributed by atoms with E-state index in [1.807, 2.05) is 0 Å². The van der Waals surface area contributed by atoms with E-state index in [1.54, 1.807) is 24.3 Å². The number of carbonyl (C=O) groups is 1. The van der Waals surface area contributed by atoms with Crippen molar-refractivity contribution in [2.24, 2.45) is 0 Å². The van der Waals surface area contributed by atoms with Crippen LogP contribution in [0.3, 0.4) is 0 Å². The maximum Gasteiger partial charge on any atom is 0.408 e. The van der Waals surface area contributed by atoms with Crippen molar-refractivity contribution in [3.63, 3.8) is 0 Å². The molecule has 1 aromatic heterocycles. The third kappa shape index (κ3) is 3.81. The number of halogens is 3. The number of ether oxygens (including phenoxy) is 1. The number of rotatable bonds is 5. The molecule has 9 heteroatoms. The molecule has 1 aliphatic rings. The lowest BCUT2D eigenvalue weighted by Crippen LogP contribution is -2.44. The smallest absolute Gasteiger partial charge is 0.408 e. The number of methoxy groups -OCH3 is 1. The molecule has 0 spiro atoms. The molecule has 1 amide bonds. The van der Waals surface area contributed by atoms with Gasteiger partial charge in [0.25, 0.3) is 0 Å². The minimum atomic E-state index is -4.40. The lowest BCUT2D eigenvalue weighted by Gasteiger charge is -2.26. The standard InChI is InChI=1S/C17H18F3N3O3/c1-25-12-6-3-2-5-11(12)16-21-14(26-22-16)8-9-15(24)23-10-4-7-13(23)17(18,19)20/h2-3,5-6,13H,4,7-10H2,1H3/t13-/m0/s1. The first-order chi connectivity index (χ1) is 12.4. The Morgan fingerprint density at radius 2 is 2.15 bits per heavy atom. The van der Waals surface area contributed by atoms with Gasteiger partial charge in [-0.1, -0.05) is 17.3 Å². The van der Waals surface area contributed by atoms with Gasteiger partial charge in [-0.05, 0) is 25.0 Å². The third-order valence-electron chi connectivity index (χ3n) is 4.32. The highest BCUT2D eigenvalue weighted by Gasteiger charge is 2.47. The van der Waals surface area contributed by atoms with E-state index >= 15 is 0 Å². The molecule has 6 nitrogen and oxygen atoms in total. The van der Waals surface area contributed by atoms with Gasteiger partial charge in [-0.3, -0.25) is 4.79 Å². The summed E-state index contributed by atoms with van der Waals surface area (Å²) in [5.74, 6) is 0.518. The first-order valence-corrected chi connectivity index (χ1v) is 8.22. The van der Waals surface area contributed by atoms with Crippen molar-refractivity contribution in [3.05, 3.63) is 30.2 Å². The van der Waals surface area contributed by atoms with Gasteiger partial charge in [-0.2, -0.15) is 18.2 Å². The van der Waals surface area contributed by atoms with Crippen LogP contribution in [0.25, 0.3) is 11.4 Å². The molecule has 2 aromatic rings. The predicted octanol–water partition coefficient (Wildman–Crippen LogP) is 3.23. The quantitative estimate of drug-likeness (QED) is 0.809. The van der Waals surface area contributed by atoms with Crippen molar-refractivity contribution in [2.45, 2.75) is 37.9 Å². The maximum atomic E-state index is 13.0. The van der Waals surface area contributed by atoms with E-state index in [0.29, 0.717) is 23.6 Å². The number of hydrogen-bond donors (Lipinski definition) is 0. The van der Waals surface area contributed by atoms with Gasteiger partial charge in [0.2, 0.25) is 17.6 Å². The van der Waals surface area contributed by atoms with Crippen LogP contribution in [-0.2, 0) is 11.2 Å². The van der Waals surface area contributed by atoms with Gasteiger partial charge >= 0.3 is 6.18 Å². The largest absolute Gasteiger partial charge is 0.496 e. The van der Waals surface area contributed by atoms with Crippen molar-refractivity contribution < 1.29 is 27.2 Å². The first kappa shape index (κ1) is 18.2. The van der Waals surface area contributed by atoms with E-state index in [-0.39, 0.29) is 31.7 Å². The summed E-state index contributed by atoms with van der Waals surface area (Å²) in [7, 11) is 1.52. The highest BCUT2D eigenvalue weighted by atomic mass is 19.4. The lowest BCUT2D eigenvalue weighted by molar-refractivity contribution is -0.182. The molecule has 0 aliphatic carbocycles. The van der Waals surface area contributed by atoms with Gasteiger partial charge in [0.1, 0.15) is 11.8 Å². The third-order valence-corrected chi connectivity index (χ3v) is 4.32. The number of alkyl halides is 3. The highest BCUT2D eigenvalue weighted by Crippen LogP contribution is 2.33. The molecule has 1 fully saturated rings. The van der Waals surface area contributed by atoms with Crippen LogP contribution in [0.4, 0.5) is 13.2 Å². The van der Waals surface area contributed by atoms with Crippen molar-refractivity contribution >= 4 is 5.91 Å². The molecule has 0 radical (unpaired) electrons. The summed E-state index contributed by atoms with van der Waals surface area (Å²) >= 11 is 0. The van der Waals surface area contributed by atoms with Crippen molar-refractivity contribution in [2.75, 3.05) is 13.7 Å². The molecule has 0 saturated carbocycles. The summed E-state index contributed by atoms with van der Waals surface area (Å²) < 4.78 is 49.2. The summed E-state index contributed by atoms with van der Waals surface area (Å²) in [4.78, 5) is 17.3. The molecule has 3 rings (SSSR count). The number of likely N-dealkylation sites (tertiary alicyclic amines) is 1. The van der Waals surface area contributed by atoms with E-state index in [4.69, 9.17) is 9.26 Å². The molecular formula is C17H18F3N3O3. The van der Waals surface area contributed by atoms with Crippen molar-refractivity contribution in [3.8, 4) is 17.1 Å². The molecule has 1 aliphatic heterocycles. The SMILES string of the molecule is COc1ccccc1-c1noc(CCC(=O)N2CCC[C@H]2C(F)(F)F)n1. The molecule has 1 atom stereocenters. The number of amides is 1. The van der Waals surface area contributed by atoms with Crippen molar-refractivity contribution in [1.82, 2.24) is 15.0 Å². The number of para-hydroxylation sites is 1. The lowest BCUT2D eigenvalue weighted by atomic mass is 10.2. The monoisotopic (exact) mass is 369 g/mol. The topological polar surface area (TPSA) is 68.5 Å². The number of aryl methyl sites for hydroxylation is 1. The molecule has 1 saturated heterocycles. The number of benzene rings is 1. The van der Waals surface area contributed by atoms with Gasteiger partial charge in [0.15, 0.2) is 0 Å². The van der Waals surface area contributed by atoms with Crippen LogP contribution in [-0.4, -0.2) is 46.8 Å². The zero-order valence-corrected chi connectivity index (χ0v) is 14.1. The fraction of sp³-hybridized carbons (Fsp3) is 0.471. The minimum absolute atomic E-state index is 0.0479. The first-order valence-electron chi connectivity index (χ1n) is 8.22. The van der Waals surface area contributed by atoms with E-state index in [0.717, 1.165) is 4.90 Å². The van der Waals surface area contributed by atoms with E-state index in [1.165, 1.54) is 7.11 Å². The summed E-state index contributed by atoms with van der Waals surface area (Å²) in [5, 5.41) is 3.85. The summed E-state index contributed by atoms with van der Waals surface area (Å²) in [6, 6.07) is 5.41. The van der Waals surface area contributed by atoms with Gasteiger partial charge in [-0.15, -0.1) is 0 Å². The number of aromatic nitrogens is 2. The Labute approximate surface area is 147 Å². The molecule has 140 valence electrons. The van der Waals surface area contributed by atoms with E-state index in [9.17, 15) is 18.0 Å². The fourth-order valence-corrected chi connectivity index (χ4v) is 3.06. The minimum Gasteiger partial charge on any atom is -0.496 e. The average Bonchev–Trinajstić information content (AvgIpc) is 3.28. The summed E-state index contributed by atoms with van der Waals surface area (Å²) in [6.07, 6.45) is -4.11. The predicted molar refractivity (Wildman–Crippen MR) is 85.4 cm³/mol. The number of hydrogen-bond acceptors (Lipinski definition) is 5. The fourth-order valence-electron chi connectivity index (χ4n) is 3.06. The zero-order chi connectivity index (χ0) is 18.7. The van der Waals surface area contributed by atoms with Gasteiger partial charge in [0, 0.05) is 19.4 Å². The maximum absolute atomic E-state index is 13.0. The Bertz CT molecular complexity index is 776. The van der Waals surface area contributed by atoms with Crippen LogP contribution in [0.2, 0.25) is 0 Å². The van der Waals surface area contributed by atoms with Crippen LogP contribution in [0, 0.1) is 0 Å². The van der Waals surface area contributed by atoms with E-state index in [2.05, 4.69) is 10.1 Å². The molecule has 0 N–H and O–H groups in total. The van der Waals surface area contributed by atoms with Gasteiger partial charge in [-0.25, -0.2) is 0 Å². The van der Waals surface area contributed by atoms with Crippen molar-refractivity contribution in [1.29, 1.82) is 0 Å². The van der Waals surface area contributed by atoms with Crippen LogP contribution >= 0.6 is 0 Å². The Morgan fingerprint density at radius 1 is 1.38 bits per heavy atom. The molecule has 0 bridgehead atoms. The number of carbonyl (C=O) groups excluding carboxylic acids is 1. The van der Waals surface area contributed by atoms with Gasteiger partial charge in [0.05, 0.1) is 12.7 Å². The van der Waals surface area contributed by atoms with Crippen LogP contribution in [0.15, 0.2) is 28.8 Å². The molecular weight excluding hydrogens is 351 g/mol. The zero-order valence-electron chi connectivity index (χ0n) is 14.1. The van der Waals surface area contributed by atoms with Crippen LogP contribution in [0.1, 0.15) is 25.2 Å². The second kappa shape index (κ2) is 7.35. The Morgan fingerprint density at radius 3 is 2.88 bits per heavy atom. The number of nitrogens with zero attached hydrogens (tertiary/aromatic N) is 3. The normalized spacial score (nSPS) is 17.5. The molecule has 2 heterocycles. The highest BCUT2D eigenvalue weighted by molar-refractivity contribution is 5.77. The van der Waals surface area contributed by atoms with Gasteiger partial charge < -0.3 is 14.2 Å². The van der Waals surface area contributed by atoms with Crippen LogP contribution < -0.4 is 4.74 Å². The second-order valence-electron chi connectivity index (χ2n) is 6.00. The summed E-state index contributed by atoms with van der Waals surface area (Å²) in [6.45, 7) is 0.124. The van der Waals surface area contributed by atoms with Crippen LogP contribution in [0.5, 0.6) is 5.75 Å².